The largest absolute Gasteiger partial charge is 0.314 e. The molecule has 0 aliphatic heterocycles. The van der Waals surface area contributed by atoms with Gasteiger partial charge in [-0.15, -0.1) is 0 Å². The molecule has 0 saturated heterocycles. The van der Waals surface area contributed by atoms with Crippen LogP contribution in [0.1, 0.15) is 46.5 Å². The molecule has 0 atom stereocenters. The van der Waals surface area contributed by atoms with Crippen molar-refractivity contribution in [2.24, 2.45) is 11.8 Å². The molecule has 72 valence electrons. The van der Waals surface area contributed by atoms with Crippen molar-refractivity contribution in [3.05, 3.63) is 0 Å². The van der Waals surface area contributed by atoms with Gasteiger partial charge in [0.2, 0.25) is 0 Å². The van der Waals surface area contributed by atoms with Crippen molar-refractivity contribution in [3.8, 4) is 0 Å². The first-order valence-corrected chi connectivity index (χ1v) is 5.47. The van der Waals surface area contributed by atoms with Crippen LogP contribution in [0.4, 0.5) is 0 Å². The summed E-state index contributed by atoms with van der Waals surface area (Å²) in [4.78, 5) is 0. The molecule has 0 amide bonds. The minimum absolute atomic E-state index is 0.824. The lowest BCUT2D eigenvalue weighted by Crippen LogP contribution is -2.33. The fourth-order valence-corrected chi connectivity index (χ4v) is 2.28. The van der Waals surface area contributed by atoms with Crippen molar-refractivity contribution >= 4 is 0 Å². The van der Waals surface area contributed by atoms with Gasteiger partial charge in [-0.3, -0.25) is 0 Å². The third-order valence-electron chi connectivity index (χ3n) is 3.21. The van der Waals surface area contributed by atoms with Gasteiger partial charge in [-0.2, -0.15) is 0 Å². The molecular formula is C11H23N. The highest BCUT2D eigenvalue weighted by atomic mass is 14.9. The van der Waals surface area contributed by atoms with E-state index < -0.39 is 0 Å². The molecule has 1 fully saturated rings. The Balaban J connectivity index is 2.20. The minimum atomic E-state index is 0.824. The third-order valence-corrected chi connectivity index (χ3v) is 3.21. The fraction of sp³-hybridized carbons (Fsp3) is 1.00. The molecule has 0 aromatic heterocycles. The molecule has 1 aliphatic rings. The Bertz CT molecular complexity index is 112. The van der Waals surface area contributed by atoms with E-state index >= 15 is 0 Å². The van der Waals surface area contributed by atoms with Gasteiger partial charge >= 0.3 is 0 Å². The van der Waals surface area contributed by atoms with Gasteiger partial charge in [-0.25, -0.2) is 0 Å². The maximum atomic E-state index is 3.54. The highest BCUT2D eigenvalue weighted by Crippen LogP contribution is 2.29. The average Bonchev–Trinajstić information content (AvgIpc) is 2.06. The third kappa shape index (κ3) is 2.78. The summed E-state index contributed by atoms with van der Waals surface area (Å²) in [5.41, 5.74) is 0. The van der Waals surface area contributed by atoms with E-state index in [1.54, 1.807) is 0 Å². The summed E-state index contributed by atoms with van der Waals surface area (Å²) in [7, 11) is 0. The Morgan fingerprint density at radius 2 is 1.75 bits per heavy atom. The number of hydrogen-bond acceptors (Lipinski definition) is 1. The highest BCUT2D eigenvalue weighted by molar-refractivity contribution is 4.77. The summed E-state index contributed by atoms with van der Waals surface area (Å²) in [6.07, 6.45) is 5.68. The van der Waals surface area contributed by atoms with Crippen molar-refractivity contribution in [3.63, 3.8) is 0 Å². The first-order valence-electron chi connectivity index (χ1n) is 5.47. The van der Waals surface area contributed by atoms with Crippen molar-refractivity contribution in [1.82, 2.24) is 5.32 Å². The summed E-state index contributed by atoms with van der Waals surface area (Å²) in [5, 5.41) is 3.54. The molecule has 1 saturated carbocycles. The van der Waals surface area contributed by atoms with Gasteiger partial charge in [0.1, 0.15) is 0 Å². The number of hydrogen-bond donors (Lipinski definition) is 1. The fourth-order valence-electron chi connectivity index (χ4n) is 2.28. The van der Waals surface area contributed by atoms with Crippen LogP contribution in [0.5, 0.6) is 0 Å². The molecule has 1 N–H and O–H groups in total. The lowest BCUT2D eigenvalue weighted by atomic mass is 9.80. The van der Waals surface area contributed by atoms with E-state index in [9.17, 15) is 0 Å². The van der Waals surface area contributed by atoms with Crippen LogP contribution in [0.25, 0.3) is 0 Å². The Morgan fingerprint density at radius 3 is 2.17 bits per heavy atom. The van der Waals surface area contributed by atoms with Crippen LogP contribution in [0, 0.1) is 11.8 Å². The summed E-state index contributed by atoms with van der Waals surface area (Å²) in [6.45, 7) is 8.06. The van der Waals surface area contributed by atoms with Crippen molar-refractivity contribution < 1.29 is 0 Å². The lowest BCUT2D eigenvalue weighted by molar-refractivity contribution is 0.240. The van der Waals surface area contributed by atoms with E-state index in [4.69, 9.17) is 0 Å². The van der Waals surface area contributed by atoms with Crippen molar-refractivity contribution in [1.29, 1.82) is 0 Å². The molecule has 0 bridgehead atoms. The Labute approximate surface area is 76.9 Å². The van der Waals surface area contributed by atoms with Crippen LogP contribution in [0.2, 0.25) is 0 Å². The van der Waals surface area contributed by atoms with Gasteiger partial charge in [0.15, 0.2) is 0 Å². The highest BCUT2D eigenvalue weighted by Gasteiger charge is 2.22. The number of nitrogens with one attached hydrogen (secondary N) is 1. The smallest absolute Gasteiger partial charge is 0.00671 e. The van der Waals surface area contributed by atoms with Gasteiger partial charge in [0.25, 0.3) is 0 Å². The van der Waals surface area contributed by atoms with Gasteiger partial charge in [-0.05, 0) is 44.1 Å². The Hall–Kier alpha value is -0.0400. The molecule has 0 spiro atoms. The topological polar surface area (TPSA) is 12.0 Å². The normalized spacial score (nSPS) is 31.0. The second-order valence-corrected chi connectivity index (χ2v) is 4.41. The minimum Gasteiger partial charge on any atom is -0.314 e. The van der Waals surface area contributed by atoms with Crippen molar-refractivity contribution in [2.75, 3.05) is 6.54 Å². The van der Waals surface area contributed by atoms with Crippen LogP contribution in [-0.2, 0) is 0 Å². The molecule has 0 aromatic rings. The van der Waals surface area contributed by atoms with E-state index in [1.807, 2.05) is 0 Å². The summed E-state index contributed by atoms with van der Waals surface area (Å²) in [5.74, 6) is 1.90. The predicted octanol–water partition coefficient (Wildman–Crippen LogP) is 2.81. The molecule has 0 unspecified atom stereocenters. The van der Waals surface area contributed by atoms with E-state index in [0.717, 1.165) is 24.4 Å². The van der Waals surface area contributed by atoms with Crippen LogP contribution in [0.15, 0.2) is 0 Å². The van der Waals surface area contributed by atoms with Gasteiger partial charge in [0, 0.05) is 6.04 Å². The maximum absolute atomic E-state index is 3.54. The lowest BCUT2D eigenvalue weighted by Gasteiger charge is -2.31. The molecule has 1 aliphatic carbocycles. The molecule has 0 heterocycles. The van der Waals surface area contributed by atoms with Gasteiger partial charge in [-0.1, -0.05) is 20.8 Å². The van der Waals surface area contributed by atoms with Crippen molar-refractivity contribution in [2.45, 2.75) is 52.5 Å². The predicted molar refractivity (Wildman–Crippen MR) is 54.3 cm³/mol. The summed E-state index contributed by atoms with van der Waals surface area (Å²) < 4.78 is 0. The van der Waals surface area contributed by atoms with E-state index in [0.29, 0.717) is 0 Å². The molecular weight excluding hydrogens is 146 g/mol. The Kier molecular flexibility index (Phi) is 4.07. The molecule has 12 heavy (non-hydrogen) atoms. The number of rotatable bonds is 3. The quantitative estimate of drug-likeness (QED) is 0.685. The molecule has 1 nitrogen and oxygen atoms in total. The van der Waals surface area contributed by atoms with Crippen LogP contribution >= 0.6 is 0 Å². The van der Waals surface area contributed by atoms with E-state index in [1.165, 1.54) is 25.7 Å². The van der Waals surface area contributed by atoms with Crippen LogP contribution < -0.4 is 5.32 Å². The van der Waals surface area contributed by atoms with E-state index in [-0.39, 0.29) is 0 Å². The first kappa shape index (κ1) is 10.0. The zero-order valence-electron chi connectivity index (χ0n) is 8.77. The summed E-state index contributed by atoms with van der Waals surface area (Å²) in [6, 6.07) is 0.824. The second-order valence-electron chi connectivity index (χ2n) is 4.41. The van der Waals surface area contributed by atoms with Crippen LogP contribution in [0.3, 0.4) is 0 Å². The average molecular weight is 169 g/mol. The monoisotopic (exact) mass is 169 g/mol. The van der Waals surface area contributed by atoms with Gasteiger partial charge < -0.3 is 5.32 Å². The standard InChI is InChI=1S/C11H23N/c1-4-12-11-7-5-10(6-8-11)9(2)3/h9-12H,4-8H2,1-3H3. The SMILES string of the molecule is CCNC1CCC(C(C)C)CC1. The zero-order chi connectivity index (χ0) is 8.97. The molecule has 1 heteroatoms. The second kappa shape index (κ2) is 4.86. The van der Waals surface area contributed by atoms with E-state index in [2.05, 4.69) is 26.1 Å². The maximum Gasteiger partial charge on any atom is 0.00671 e. The molecule has 0 radical (unpaired) electrons. The summed E-state index contributed by atoms with van der Waals surface area (Å²) >= 11 is 0. The zero-order valence-corrected chi connectivity index (χ0v) is 8.77. The Morgan fingerprint density at radius 1 is 1.17 bits per heavy atom. The van der Waals surface area contributed by atoms with Gasteiger partial charge in [0.05, 0.1) is 0 Å². The molecule has 1 rings (SSSR count). The molecule has 0 aromatic carbocycles. The van der Waals surface area contributed by atoms with Crippen LogP contribution in [-0.4, -0.2) is 12.6 Å². The first-order chi connectivity index (χ1) is 5.74.